The summed E-state index contributed by atoms with van der Waals surface area (Å²) in [6.45, 7) is 3.87. The normalized spacial score (nSPS) is 18.5. The summed E-state index contributed by atoms with van der Waals surface area (Å²) in [7, 11) is 0. The number of rotatable bonds is 6. The molecule has 1 saturated heterocycles. The Labute approximate surface area is 145 Å². The first kappa shape index (κ1) is 17.3. The molecule has 0 bridgehead atoms. The van der Waals surface area contributed by atoms with Crippen LogP contribution in [-0.4, -0.2) is 44.3 Å². The van der Waals surface area contributed by atoms with Gasteiger partial charge in [0.1, 0.15) is 6.54 Å². The highest BCUT2D eigenvalue weighted by Crippen LogP contribution is 2.22. The minimum atomic E-state index is -0.841. The number of aromatic nitrogens is 2. The van der Waals surface area contributed by atoms with Crippen LogP contribution in [0.25, 0.3) is 0 Å². The third kappa shape index (κ3) is 3.62. The number of allylic oxidation sites excluding steroid dienone is 1. The van der Waals surface area contributed by atoms with E-state index >= 15 is 0 Å². The summed E-state index contributed by atoms with van der Waals surface area (Å²) in [5, 5.41) is 3.80. The van der Waals surface area contributed by atoms with Crippen molar-refractivity contribution < 1.29 is 18.9 Å². The SMILES string of the molecule is CC(C)c1noc(CN2C(=O)C(=O)N(CCC3=CCCCC3)C2=O)n1. The predicted octanol–water partition coefficient (Wildman–Crippen LogP) is 2.37. The molecule has 0 aromatic carbocycles. The topological polar surface area (TPSA) is 96.6 Å². The standard InChI is InChI=1S/C17H22N4O4/c1-11(2)14-18-13(25-19-14)10-21-16(23)15(22)20(17(21)24)9-8-12-6-4-3-5-7-12/h6,11H,3-5,7-10H2,1-2H3. The zero-order valence-corrected chi connectivity index (χ0v) is 14.5. The maximum Gasteiger partial charge on any atom is 0.334 e. The van der Waals surface area contributed by atoms with Crippen molar-refractivity contribution in [2.75, 3.05) is 6.54 Å². The molecule has 2 heterocycles. The van der Waals surface area contributed by atoms with Crippen molar-refractivity contribution in [1.82, 2.24) is 19.9 Å². The van der Waals surface area contributed by atoms with Crippen LogP contribution in [0.5, 0.6) is 0 Å². The molecule has 0 saturated carbocycles. The van der Waals surface area contributed by atoms with E-state index in [0.29, 0.717) is 12.2 Å². The van der Waals surface area contributed by atoms with Gasteiger partial charge in [-0.2, -0.15) is 4.98 Å². The zero-order chi connectivity index (χ0) is 18.0. The highest BCUT2D eigenvalue weighted by Gasteiger charge is 2.44. The van der Waals surface area contributed by atoms with Crippen LogP contribution in [0.2, 0.25) is 0 Å². The van der Waals surface area contributed by atoms with Crippen LogP contribution in [-0.2, 0) is 16.1 Å². The molecule has 25 heavy (non-hydrogen) atoms. The molecule has 8 nitrogen and oxygen atoms in total. The largest absolute Gasteiger partial charge is 0.337 e. The first-order valence-electron chi connectivity index (χ1n) is 8.65. The van der Waals surface area contributed by atoms with Crippen molar-refractivity contribution in [2.45, 2.75) is 58.4 Å². The fourth-order valence-electron chi connectivity index (χ4n) is 2.98. The van der Waals surface area contributed by atoms with Gasteiger partial charge in [0.05, 0.1) is 0 Å². The van der Waals surface area contributed by atoms with Crippen molar-refractivity contribution in [2.24, 2.45) is 0 Å². The van der Waals surface area contributed by atoms with Gasteiger partial charge in [0.2, 0.25) is 5.89 Å². The average Bonchev–Trinajstić information content (AvgIpc) is 3.15. The van der Waals surface area contributed by atoms with Crippen molar-refractivity contribution in [3.8, 4) is 0 Å². The molecular weight excluding hydrogens is 324 g/mol. The smallest absolute Gasteiger partial charge is 0.334 e. The first-order chi connectivity index (χ1) is 12.0. The molecule has 134 valence electrons. The fourth-order valence-corrected chi connectivity index (χ4v) is 2.98. The van der Waals surface area contributed by atoms with E-state index in [1.165, 1.54) is 12.0 Å². The molecule has 0 unspecified atom stereocenters. The highest BCUT2D eigenvalue weighted by molar-refractivity contribution is 6.44. The lowest BCUT2D eigenvalue weighted by Gasteiger charge is -2.17. The summed E-state index contributed by atoms with van der Waals surface area (Å²) in [5.74, 6) is -0.905. The summed E-state index contributed by atoms with van der Waals surface area (Å²) in [6.07, 6.45) is 7.14. The Balaban J connectivity index is 1.65. The van der Waals surface area contributed by atoms with E-state index in [-0.39, 0.29) is 24.9 Å². The molecule has 1 fully saturated rings. The Bertz CT molecular complexity index is 722. The number of nitrogens with zero attached hydrogens (tertiary/aromatic N) is 4. The summed E-state index contributed by atoms with van der Waals surface area (Å²) in [5.41, 5.74) is 1.25. The van der Waals surface area contributed by atoms with E-state index in [9.17, 15) is 14.4 Å². The summed E-state index contributed by atoms with van der Waals surface area (Å²) in [4.78, 5) is 42.7. The van der Waals surface area contributed by atoms with Gasteiger partial charge in [0, 0.05) is 12.5 Å². The minimum absolute atomic E-state index is 0.0735. The minimum Gasteiger partial charge on any atom is -0.337 e. The average molecular weight is 346 g/mol. The van der Waals surface area contributed by atoms with Gasteiger partial charge in [-0.1, -0.05) is 30.7 Å². The Morgan fingerprint density at radius 2 is 1.92 bits per heavy atom. The summed E-state index contributed by atoms with van der Waals surface area (Å²) < 4.78 is 5.06. The van der Waals surface area contributed by atoms with Crippen LogP contribution in [0.15, 0.2) is 16.2 Å². The van der Waals surface area contributed by atoms with Gasteiger partial charge in [0.25, 0.3) is 0 Å². The Hall–Kier alpha value is -2.51. The Morgan fingerprint density at radius 1 is 1.16 bits per heavy atom. The van der Waals surface area contributed by atoms with Crippen LogP contribution in [0.4, 0.5) is 4.79 Å². The van der Waals surface area contributed by atoms with E-state index in [1.807, 2.05) is 13.8 Å². The summed E-state index contributed by atoms with van der Waals surface area (Å²) >= 11 is 0. The van der Waals surface area contributed by atoms with E-state index in [4.69, 9.17) is 4.52 Å². The number of imide groups is 2. The third-order valence-electron chi connectivity index (χ3n) is 4.47. The van der Waals surface area contributed by atoms with Gasteiger partial charge in [-0.25, -0.2) is 9.69 Å². The van der Waals surface area contributed by atoms with Gasteiger partial charge >= 0.3 is 17.8 Å². The lowest BCUT2D eigenvalue weighted by molar-refractivity contribution is -0.143. The number of amides is 4. The molecule has 3 rings (SSSR count). The van der Waals surface area contributed by atoms with E-state index in [2.05, 4.69) is 16.2 Å². The van der Waals surface area contributed by atoms with Crippen LogP contribution in [0.1, 0.15) is 63.6 Å². The molecule has 1 aromatic heterocycles. The van der Waals surface area contributed by atoms with Crippen molar-refractivity contribution >= 4 is 17.8 Å². The van der Waals surface area contributed by atoms with Crippen molar-refractivity contribution in [3.05, 3.63) is 23.4 Å². The molecule has 0 N–H and O–H groups in total. The van der Waals surface area contributed by atoms with Gasteiger partial charge in [0.15, 0.2) is 5.82 Å². The Kier molecular flexibility index (Phi) is 4.96. The second kappa shape index (κ2) is 7.16. The maximum atomic E-state index is 12.4. The molecule has 1 aromatic rings. The molecule has 1 aliphatic heterocycles. The lowest BCUT2D eigenvalue weighted by Crippen LogP contribution is -2.34. The second-order valence-electron chi connectivity index (χ2n) is 6.69. The van der Waals surface area contributed by atoms with Crippen LogP contribution < -0.4 is 0 Å². The molecule has 1 aliphatic carbocycles. The molecule has 4 amide bonds. The Morgan fingerprint density at radius 3 is 2.56 bits per heavy atom. The number of hydrogen-bond donors (Lipinski definition) is 0. The van der Waals surface area contributed by atoms with Gasteiger partial charge < -0.3 is 4.52 Å². The highest BCUT2D eigenvalue weighted by atomic mass is 16.5. The first-order valence-corrected chi connectivity index (χ1v) is 8.65. The molecule has 0 spiro atoms. The number of carbonyl (C=O) groups excluding carboxylic acids is 3. The van der Waals surface area contributed by atoms with Crippen LogP contribution >= 0.6 is 0 Å². The van der Waals surface area contributed by atoms with Gasteiger partial charge in [-0.15, -0.1) is 0 Å². The van der Waals surface area contributed by atoms with E-state index < -0.39 is 17.8 Å². The molecule has 8 heteroatoms. The number of carbonyl (C=O) groups is 3. The van der Waals surface area contributed by atoms with Crippen LogP contribution in [0.3, 0.4) is 0 Å². The zero-order valence-electron chi connectivity index (χ0n) is 14.5. The second-order valence-corrected chi connectivity index (χ2v) is 6.69. The van der Waals surface area contributed by atoms with Gasteiger partial charge in [-0.3, -0.25) is 14.5 Å². The molecule has 2 aliphatic rings. The van der Waals surface area contributed by atoms with Crippen LogP contribution in [0, 0.1) is 0 Å². The molecule has 0 radical (unpaired) electrons. The monoisotopic (exact) mass is 346 g/mol. The third-order valence-corrected chi connectivity index (χ3v) is 4.47. The van der Waals surface area contributed by atoms with Crippen molar-refractivity contribution in [3.63, 3.8) is 0 Å². The van der Waals surface area contributed by atoms with Crippen molar-refractivity contribution in [1.29, 1.82) is 0 Å². The summed E-state index contributed by atoms with van der Waals surface area (Å²) in [6, 6.07) is -0.615. The number of urea groups is 1. The maximum absolute atomic E-state index is 12.4. The fraction of sp³-hybridized carbons (Fsp3) is 0.588. The molecular formula is C17H22N4O4. The van der Waals surface area contributed by atoms with E-state index in [1.54, 1.807) is 0 Å². The predicted molar refractivity (Wildman–Crippen MR) is 87.2 cm³/mol. The lowest BCUT2D eigenvalue weighted by atomic mass is 9.97. The van der Waals surface area contributed by atoms with E-state index in [0.717, 1.165) is 29.1 Å². The number of hydrogen-bond acceptors (Lipinski definition) is 6. The quantitative estimate of drug-likeness (QED) is 0.446. The van der Waals surface area contributed by atoms with Gasteiger partial charge in [-0.05, 0) is 32.1 Å². The molecule has 0 atom stereocenters.